The fourth-order valence-electron chi connectivity index (χ4n) is 10.6. The van der Waals surface area contributed by atoms with E-state index in [2.05, 4.69) is 30.9 Å². The van der Waals surface area contributed by atoms with Gasteiger partial charge in [0.1, 0.15) is 73.5 Å². The van der Waals surface area contributed by atoms with E-state index in [-0.39, 0.29) is 36.7 Å². The molecule has 4 aromatic rings. The van der Waals surface area contributed by atoms with E-state index in [0.29, 0.717) is 16.7 Å². The third kappa shape index (κ3) is 19.6. The number of benzene rings is 1. The molecule has 3 aliphatic rings. The molecule has 3 saturated heterocycles. The van der Waals surface area contributed by atoms with Crippen LogP contribution in [0, 0.1) is 0 Å². The maximum absolute atomic E-state index is 12.7. The van der Waals surface area contributed by atoms with Gasteiger partial charge in [0.2, 0.25) is 0 Å². The number of carbonyl (C=O) groups is 12. The Balaban J connectivity index is 1.31. The van der Waals surface area contributed by atoms with E-state index < -0.39 is 183 Å². The Morgan fingerprint density at radius 2 is 0.495 bits per heavy atom. The summed E-state index contributed by atoms with van der Waals surface area (Å²) in [5.41, 5.74) is 1.45. The second-order valence-electron chi connectivity index (χ2n) is 21.5. The molecule has 3 aliphatic heterocycles. The van der Waals surface area contributed by atoms with Crippen LogP contribution in [0.1, 0.15) is 83.1 Å². The van der Waals surface area contributed by atoms with Crippen LogP contribution in [0.3, 0.4) is 0 Å². The summed E-state index contributed by atoms with van der Waals surface area (Å²) in [4.78, 5) is 149. The number of rotatable bonds is 24. The number of nitrogens with zero attached hydrogens (tertiary/aromatic N) is 9. The third-order valence-corrected chi connectivity index (χ3v) is 13.8. The van der Waals surface area contributed by atoms with Crippen molar-refractivity contribution in [2.24, 2.45) is 0 Å². The van der Waals surface area contributed by atoms with Crippen LogP contribution in [0.2, 0.25) is 0 Å². The van der Waals surface area contributed by atoms with Gasteiger partial charge in [0.25, 0.3) is 0 Å². The van der Waals surface area contributed by atoms with Gasteiger partial charge in [0.15, 0.2) is 54.9 Å². The molecule has 0 N–H and O–H groups in total. The first kappa shape index (κ1) is 70.6. The van der Waals surface area contributed by atoms with Crippen molar-refractivity contribution in [3.05, 3.63) is 36.8 Å². The predicted molar refractivity (Wildman–Crippen MR) is 299 cm³/mol. The molecule has 3 aromatic heterocycles. The van der Waals surface area contributed by atoms with E-state index >= 15 is 0 Å². The maximum atomic E-state index is 12.7. The molecule has 1 aromatic carbocycles. The van der Waals surface area contributed by atoms with Gasteiger partial charge in [-0.3, -0.25) is 57.5 Å². The summed E-state index contributed by atoms with van der Waals surface area (Å²) in [6, 6.07) is 4.91. The molecule has 0 aliphatic carbocycles. The lowest BCUT2D eigenvalue weighted by Crippen LogP contribution is -2.63. The summed E-state index contributed by atoms with van der Waals surface area (Å²) in [5.74, 6) is -9.69. The molecule has 3 fully saturated rings. The molecular weight excluding hydrogens is 1240 g/mol. The first-order valence-electron chi connectivity index (χ1n) is 28.7. The van der Waals surface area contributed by atoms with Crippen LogP contribution in [0.25, 0.3) is 33.8 Å². The molecule has 15 atom stereocenters. The Kier molecular flexibility index (Phi) is 23.9. The fourth-order valence-corrected chi connectivity index (χ4v) is 10.6. The third-order valence-electron chi connectivity index (χ3n) is 13.8. The Hall–Kier alpha value is -9.84. The Morgan fingerprint density at radius 1 is 0.301 bits per heavy atom. The zero-order valence-electron chi connectivity index (χ0n) is 52.4. The lowest BCUT2D eigenvalue weighted by molar-refractivity contribution is -0.254. The smallest absolute Gasteiger partial charge is 0.303 e. The topological polar surface area (TPSA) is 435 Å². The van der Waals surface area contributed by atoms with Crippen LogP contribution in [0.4, 0.5) is 0 Å². The van der Waals surface area contributed by atoms with Crippen LogP contribution < -0.4 is 0 Å². The van der Waals surface area contributed by atoms with Crippen LogP contribution in [-0.4, -0.2) is 228 Å². The van der Waals surface area contributed by atoms with Gasteiger partial charge in [-0.1, -0.05) is 15.6 Å². The molecular formula is C57H69N9O27. The maximum Gasteiger partial charge on any atom is 0.303 e. The van der Waals surface area contributed by atoms with Crippen LogP contribution in [-0.2, 0) is 148 Å². The molecule has 7 rings (SSSR count). The zero-order valence-corrected chi connectivity index (χ0v) is 52.4. The van der Waals surface area contributed by atoms with E-state index in [9.17, 15) is 57.5 Å². The lowest BCUT2D eigenvalue weighted by Gasteiger charge is -2.44. The van der Waals surface area contributed by atoms with E-state index in [1.165, 1.54) is 32.6 Å². The summed E-state index contributed by atoms with van der Waals surface area (Å²) >= 11 is 0. The highest BCUT2D eigenvalue weighted by Crippen LogP contribution is 2.36. The lowest BCUT2D eigenvalue weighted by atomic mass is 9.94. The summed E-state index contributed by atoms with van der Waals surface area (Å²) in [7, 11) is 0. The molecule has 93 heavy (non-hydrogen) atoms. The Bertz CT molecular complexity index is 3080. The number of hydrogen-bond donors (Lipinski definition) is 0. The molecule has 0 unspecified atom stereocenters. The first-order valence-corrected chi connectivity index (χ1v) is 28.7. The molecule has 0 amide bonds. The monoisotopic (exact) mass is 1310 g/mol. The van der Waals surface area contributed by atoms with Gasteiger partial charge in [0.05, 0.1) is 38.2 Å². The number of hydrogen-bond acceptors (Lipinski definition) is 33. The zero-order chi connectivity index (χ0) is 68.1. The van der Waals surface area contributed by atoms with Crippen molar-refractivity contribution in [2.45, 2.75) is 194 Å². The second kappa shape index (κ2) is 31.5. The van der Waals surface area contributed by atoms with Gasteiger partial charge < -0.3 is 71.1 Å². The highest BCUT2D eigenvalue weighted by Gasteiger charge is 2.55. The summed E-state index contributed by atoms with van der Waals surface area (Å²) < 4.78 is 89.0. The Morgan fingerprint density at radius 3 is 0.688 bits per heavy atom. The second-order valence-corrected chi connectivity index (χ2v) is 21.5. The number of aromatic nitrogens is 9. The van der Waals surface area contributed by atoms with Crippen LogP contribution in [0.5, 0.6) is 0 Å². The van der Waals surface area contributed by atoms with E-state index in [1.54, 1.807) is 18.2 Å². The molecule has 0 bridgehead atoms. The normalized spacial score (nSPS) is 25.7. The first-order chi connectivity index (χ1) is 43.9. The largest absolute Gasteiger partial charge is 0.463 e. The van der Waals surface area contributed by atoms with Crippen molar-refractivity contribution in [3.8, 4) is 33.8 Å². The number of esters is 12. The van der Waals surface area contributed by atoms with Crippen molar-refractivity contribution in [2.75, 3.05) is 19.8 Å². The van der Waals surface area contributed by atoms with Crippen molar-refractivity contribution in [1.29, 1.82) is 0 Å². The van der Waals surface area contributed by atoms with Gasteiger partial charge >= 0.3 is 71.6 Å². The molecule has 36 heteroatoms. The molecule has 0 radical (unpaired) electrons. The minimum absolute atomic E-state index is 0.165. The molecule has 6 heterocycles. The van der Waals surface area contributed by atoms with Gasteiger partial charge in [-0.05, 0) is 18.2 Å². The van der Waals surface area contributed by atoms with E-state index in [1.807, 2.05) is 0 Å². The SMILES string of the molecule is CC(=O)OC[C@H]1O[C@@H](Cn2cc(-c3cc(-c4cn(C[C@@H]5O[C@H](COC(C)=O)[C@H](OC(C)=O)[C@H](OC(C)=O)[C@H]5OC(C)=O)nn4)cc(-c4cn(C[C@@H]5O[C@H](COC(C)=O)[C@H](OC(C)=O)[C@H](OC(C)=O)[C@H]5OC(C)=O)nn4)c3)nn2)[C@H](OC(C)=O)[C@@H](OC(C)=O)[C@H]1OC(C)=O. The highest BCUT2D eigenvalue weighted by atomic mass is 16.7. The molecule has 0 spiro atoms. The molecule has 504 valence electrons. The van der Waals surface area contributed by atoms with Crippen molar-refractivity contribution < 1.29 is 129 Å². The minimum atomic E-state index is -1.49. The van der Waals surface area contributed by atoms with Crippen LogP contribution >= 0.6 is 0 Å². The average molecular weight is 1310 g/mol. The summed E-state index contributed by atoms with van der Waals surface area (Å²) in [6.07, 6.45) is -16.3. The van der Waals surface area contributed by atoms with Crippen molar-refractivity contribution in [1.82, 2.24) is 45.0 Å². The van der Waals surface area contributed by atoms with Gasteiger partial charge in [-0.2, -0.15) is 0 Å². The standard InChI is InChI=1S/C57H69N9O27/c1-25(67)79-22-46-52(85-31(7)73)55(88-34(10)76)49(82-28(4)70)43(91-46)19-64-16-40(58-61-64)37-13-38(41-17-65(62-59-41)20-44-50(83-29(5)71)56(89-35(11)77)53(86-32(8)74)47(92-44)23-80-26(2)68)15-39(14-37)42-18-66(63-60-42)21-45-51(84-30(6)72)57(90-36(12)78)54(87-33(9)75)48(93-45)24-81-27(3)69/h13-18,43-57H,19-24H2,1-12H3/t43-,44-,45-,46+,47+,48+,49-,50-,51-,52-,53-,54-,55+,56+,57+/m0/s1. The minimum Gasteiger partial charge on any atom is -0.463 e. The van der Waals surface area contributed by atoms with Gasteiger partial charge in [-0.25, -0.2) is 14.0 Å². The van der Waals surface area contributed by atoms with E-state index in [0.717, 1.165) is 83.1 Å². The summed E-state index contributed by atoms with van der Waals surface area (Å²) in [6.45, 7) is 10.8. The van der Waals surface area contributed by atoms with Crippen molar-refractivity contribution >= 4 is 71.6 Å². The van der Waals surface area contributed by atoms with Gasteiger partial charge in [0, 0.05) is 99.8 Å². The number of carbonyl (C=O) groups excluding carboxylic acids is 12. The molecule has 0 saturated carbocycles. The van der Waals surface area contributed by atoms with Crippen LogP contribution in [0.15, 0.2) is 36.8 Å². The quantitative estimate of drug-likeness (QED) is 0.0649. The predicted octanol–water partition coefficient (Wildman–Crippen LogP) is -0.161. The molecule has 36 nitrogen and oxygen atoms in total. The summed E-state index contributed by atoms with van der Waals surface area (Å²) in [5, 5.41) is 26.3. The Labute approximate surface area is 528 Å². The van der Waals surface area contributed by atoms with Gasteiger partial charge in [-0.15, -0.1) is 15.3 Å². The average Bonchev–Trinajstić information content (AvgIpc) is 1.37. The number of ether oxygens (including phenoxy) is 15. The highest BCUT2D eigenvalue weighted by molar-refractivity contribution is 5.78. The van der Waals surface area contributed by atoms with Crippen molar-refractivity contribution in [3.63, 3.8) is 0 Å². The fraction of sp³-hybridized carbons (Fsp3) is 0.579. The van der Waals surface area contributed by atoms with E-state index in [4.69, 9.17) is 71.1 Å².